The molecule has 0 radical (unpaired) electrons. The molecule has 0 amide bonds. The summed E-state index contributed by atoms with van der Waals surface area (Å²) in [6, 6.07) is 10.3. The minimum Gasteiger partial charge on any atom is -0.492 e. The van der Waals surface area contributed by atoms with E-state index in [0.29, 0.717) is 31.1 Å². The number of nitrogens with zero attached hydrogens (tertiary/aromatic N) is 2. The van der Waals surface area contributed by atoms with Crippen molar-refractivity contribution in [3.05, 3.63) is 58.9 Å². The third-order valence-corrected chi connectivity index (χ3v) is 4.56. The lowest BCUT2D eigenvalue weighted by Gasteiger charge is -2.12. The Bertz CT molecular complexity index is 930. The summed E-state index contributed by atoms with van der Waals surface area (Å²) in [5.74, 6) is 0.154. The SMILES string of the molecule is CCOC(=O)c1cnc2c(c(C)c(C)n2Cc2ccccc2)c1OCC. The predicted octanol–water partition coefficient (Wildman–Crippen LogP) is 4.28. The van der Waals surface area contributed by atoms with Crippen LogP contribution in [0.25, 0.3) is 11.0 Å². The quantitative estimate of drug-likeness (QED) is 0.622. The van der Waals surface area contributed by atoms with Gasteiger partial charge in [0.1, 0.15) is 17.0 Å². The Hall–Kier alpha value is -2.82. The van der Waals surface area contributed by atoms with E-state index in [9.17, 15) is 4.79 Å². The van der Waals surface area contributed by atoms with Gasteiger partial charge in [-0.05, 0) is 38.8 Å². The monoisotopic (exact) mass is 352 g/mol. The Morgan fingerprint density at radius 1 is 1.12 bits per heavy atom. The van der Waals surface area contributed by atoms with Gasteiger partial charge in [0.15, 0.2) is 0 Å². The van der Waals surface area contributed by atoms with Gasteiger partial charge in [-0.25, -0.2) is 9.78 Å². The standard InChI is InChI=1S/C21H24N2O3/c1-5-25-19-17(21(24)26-6-2)12-22-20-18(19)14(3)15(4)23(20)13-16-10-8-7-9-11-16/h7-12H,5-6,13H2,1-4H3. The summed E-state index contributed by atoms with van der Waals surface area (Å²) in [6.07, 6.45) is 1.56. The molecule has 0 atom stereocenters. The molecule has 26 heavy (non-hydrogen) atoms. The molecule has 5 nitrogen and oxygen atoms in total. The van der Waals surface area contributed by atoms with E-state index in [-0.39, 0.29) is 0 Å². The number of carbonyl (C=O) groups excluding carboxylic acids is 1. The molecule has 0 unspecified atom stereocenters. The van der Waals surface area contributed by atoms with Crippen molar-refractivity contribution in [1.29, 1.82) is 0 Å². The van der Waals surface area contributed by atoms with Crippen LogP contribution in [0.3, 0.4) is 0 Å². The maximum atomic E-state index is 12.3. The molecule has 136 valence electrons. The van der Waals surface area contributed by atoms with Gasteiger partial charge in [-0.1, -0.05) is 30.3 Å². The van der Waals surface area contributed by atoms with Gasteiger partial charge in [-0.2, -0.15) is 0 Å². The number of pyridine rings is 1. The molecule has 0 fully saturated rings. The highest BCUT2D eigenvalue weighted by atomic mass is 16.5. The van der Waals surface area contributed by atoms with Crippen LogP contribution in [0.1, 0.15) is 41.0 Å². The van der Waals surface area contributed by atoms with Gasteiger partial charge in [0.2, 0.25) is 0 Å². The molecule has 0 N–H and O–H groups in total. The largest absolute Gasteiger partial charge is 0.492 e. The zero-order valence-electron chi connectivity index (χ0n) is 15.7. The van der Waals surface area contributed by atoms with Crippen molar-refractivity contribution >= 4 is 17.0 Å². The number of esters is 1. The number of hydrogen-bond acceptors (Lipinski definition) is 4. The first-order valence-corrected chi connectivity index (χ1v) is 8.90. The topological polar surface area (TPSA) is 53.3 Å². The molecule has 0 aliphatic heterocycles. The Morgan fingerprint density at radius 2 is 1.85 bits per heavy atom. The summed E-state index contributed by atoms with van der Waals surface area (Å²) in [6.45, 7) is 9.30. The molecular weight excluding hydrogens is 328 g/mol. The van der Waals surface area contributed by atoms with Crippen LogP contribution in [0.5, 0.6) is 5.75 Å². The van der Waals surface area contributed by atoms with Gasteiger partial charge in [0, 0.05) is 18.4 Å². The number of carbonyl (C=O) groups is 1. The van der Waals surface area contributed by atoms with Crippen molar-refractivity contribution in [2.24, 2.45) is 0 Å². The molecule has 3 rings (SSSR count). The van der Waals surface area contributed by atoms with E-state index in [1.54, 1.807) is 13.1 Å². The Balaban J connectivity index is 2.19. The molecule has 5 heteroatoms. The molecular formula is C21H24N2O3. The van der Waals surface area contributed by atoms with Crippen molar-refractivity contribution in [3.63, 3.8) is 0 Å². The highest BCUT2D eigenvalue weighted by Crippen LogP contribution is 2.35. The van der Waals surface area contributed by atoms with Gasteiger partial charge < -0.3 is 14.0 Å². The van der Waals surface area contributed by atoms with E-state index in [0.717, 1.165) is 22.3 Å². The summed E-state index contributed by atoms with van der Waals surface area (Å²) in [5, 5.41) is 0.880. The summed E-state index contributed by atoms with van der Waals surface area (Å²) in [5.41, 5.74) is 4.57. The maximum absolute atomic E-state index is 12.3. The van der Waals surface area contributed by atoms with Crippen molar-refractivity contribution in [2.75, 3.05) is 13.2 Å². The van der Waals surface area contributed by atoms with Crippen molar-refractivity contribution in [3.8, 4) is 5.75 Å². The van der Waals surface area contributed by atoms with Crippen molar-refractivity contribution in [2.45, 2.75) is 34.2 Å². The van der Waals surface area contributed by atoms with Crippen LogP contribution >= 0.6 is 0 Å². The second-order valence-corrected chi connectivity index (χ2v) is 6.14. The highest BCUT2D eigenvalue weighted by Gasteiger charge is 2.23. The van der Waals surface area contributed by atoms with Crippen LogP contribution in [0.4, 0.5) is 0 Å². The number of hydrogen-bond donors (Lipinski definition) is 0. The fraction of sp³-hybridized carbons (Fsp3) is 0.333. The molecule has 0 saturated heterocycles. The summed E-state index contributed by atoms with van der Waals surface area (Å²) < 4.78 is 13.2. The number of aryl methyl sites for hydroxylation is 1. The minimum atomic E-state index is -0.404. The number of fused-ring (bicyclic) bond motifs is 1. The van der Waals surface area contributed by atoms with Crippen LogP contribution in [0.15, 0.2) is 36.5 Å². The van der Waals surface area contributed by atoms with Gasteiger partial charge >= 0.3 is 5.97 Å². The number of ether oxygens (including phenoxy) is 2. The molecule has 0 spiro atoms. The minimum absolute atomic E-state index is 0.315. The zero-order valence-corrected chi connectivity index (χ0v) is 15.7. The first-order valence-electron chi connectivity index (χ1n) is 8.90. The Morgan fingerprint density at radius 3 is 2.50 bits per heavy atom. The van der Waals surface area contributed by atoms with Crippen LogP contribution in [0, 0.1) is 13.8 Å². The number of rotatable bonds is 6. The maximum Gasteiger partial charge on any atom is 0.343 e. The van der Waals surface area contributed by atoms with E-state index in [1.165, 1.54) is 5.56 Å². The molecule has 1 aromatic carbocycles. The fourth-order valence-corrected chi connectivity index (χ4v) is 3.18. The van der Waals surface area contributed by atoms with Crippen LogP contribution < -0.4 is 4.74 Å². The smallest absolute Gasteiger partial charge is 0.343 e. The van der Waals surface area contributed by atoms with Crippen molar-refractivity contribution < 1.29 is 14.3 Å². The Kier molecular flexibility index (Phi) is 5.26. The average Bonchev–Trinajstić information content (AvgIpc) is 2.88. The summed E-state index contributed by atoms with van der Waals surface area (Å²) in [7, 11) is 0. The van der Waals surface area contributed by atoms with E-state index in [4.69, 9.17) is 9.47 Å². The van der Waals surface area contributed by atoms with Gasteiger partial charge in [-0.3, -0.25) is 0 Å². The third-order valence-electron chi connectivity index (χ3n) is 4.56. The number of benzene rings is 1. The molecule has 2 heterocycles. The lowest BCUT2D eigenvalue weighted by Crippen LogP contribution is -2.09. The lowest BCUT2D eigenvalue weighted by molar-refractivity contribution is 0.0522. The molecule has 0 aliphatic rings. The van der Waals surface area contributed by atoms with E-state index in [2.05, 4.69) is 28.6 Å². The van der Waals surface area contributed by atoms with Crippen LogP contribution in [0.2, 0.25) is 0 Å². The van der Waals surface area contributed by atoms with Gasteiger partial charge in [0.25, 0.3) is 0 Å². The number of aromatic nitrogens is 2. The normalized spacial score (nSPS) is 10.9. The zero-order chi connectivity index (χ0) is 18.7. The average molecular weight is 352 g/mol. The molecule has 0 saturated carbocycles. The lowest BCUT2D eigenvalue weighted by atomic mass is 10.1. The molecule has 3 aromatic rings. The van der Waals surface area contributed by atoms with Gasteiger partial charge in [0.05, 0.1) is 18.6 Å². The second kappa shape index (κ2) is 7.60. The molecule has 0 bridgehead atoms. The fourth-order valence-electron chi connectivity index (χ4n) is 3.18. The predicted molar refractivity (Wildman–Crippen MR) is 102 cm³/mol. The van der Waals surface area contributed by atoms with E-state index >= 15 is 0 Å². The third kappa shape index (κ3) is 3.17. The van der Waals surface area contributed by atoms with Crippen LogP contribution in [-0.2, 0) is 11.3 Å². The van der Waals surface area contributed by atoms with E-state index < -0.39 is 5.97 Å². The van der Waals surface area contributed by atoms with Gasteiger partial charge in [-0.15, -0.1) is 0 Å². The molecule has 2 aromatic heterocycles. The van der Waals surface area contributed by atoms with Crippen LogP contribution in [-0.4, -0.2) is 28.7 Å². The highest BCUT2D eigenvalue weighted by molar-refractivity contribution is 6.00. The van der Waals surface area contributed by atoms with E-state index in [1.807, 2.05) is 32.0 Å². The molecule has 0 aliphatic carbocycles. The van der Waals surface area contributed by atoms with Crippen molar-refractivity contribution in [1.82, 2.24) is 9.55 Å². The first-order chi connectivity index (χ1) is 12.6. The second-order valence-electron chi connectivity index (χ2n) is 6.14. The Labute approximate surface area is 153 Å². The summed E-state index contributed by atoms with van der Waals surface area (Å²) >= 11 is 0. The first kappa shape index (κ1) is 18.0. The summed E-state index contributed by atoms with van der Waals surface area (Å²) in [4.78, 5) is 16.9.